The Labute approximate surface area is 195 Å². The number of benzene rings is 2. The fourth-order valence-electron chi connectivity index (χ4n) is 5.09. The van der Waals surface area contributed by atoms with Gasteiger partial charge in [0.15, 0.2) is 11.2 Å². The Morgan fingerprint density at radius 3 is 2.53 bits per heavy atom. The minimum atomic E-state index is -1.67. The van der Waals surface area contributed by atoms with Gasteiger partial charge in [-0.05, 0) is 23.8 Å². The number of anilines is 1. The highest BCUT2D eigenvalue weighted by molar-refractivity contribution is 6.04. The molecule has 34 heavy (non-hydrogen) atoms. The molecule has 8 nitrogen and oxygen atoms in total. The van der Waals surface area contributed by atoms with Crippen LogP contribution in [0.2, 0.25) is 0 Å². The van der Waals surface area contributed by atoms with Crippen molar-refractivity contribution >= 4 is 23.2 Å². The summed E-state index contributed by atoms with van der Waals surface area (Å²) in [5, 5.41) is 32.3. The van der Waals surface area contributed by atoms with E-state index in [1.54, 1.807) is 71.8 Å². The number of nitriles is 2. The van der Waals surface area contributed by atoms with E-state index >= 15 is 0 Å². The van der Waals surface area contributed by atoms with Crippen LogP contribution in [0.4, 0.5) is 11.4 Å². The van der Waals surface area contributed by atoms with Gasteiger partial charge in [-0.1, -0.05) is 48.5 Å². The number of fused-ring (bicyclic) bond motifs is 3. The average molecular weight is 447 g/mol. The first kappa shape index (κ1) is 21.0. The van der Waals surface area contributed by atoms with Crippen molar-refractivity contribution in [2.75, 3.05) is 4.90 Å². The highest BCUT2D eigenvalue weighted by Gasteiger charge is 2.63. The summed E-state index contributed by atoms with van der Waals surface area (Å²) in [6.45, 7) is 0. The SMILES string of the molecule is N#CC1(C#N)[C@@H](c2cccc([N+](=O)[O-])c2)[C@H](C(=O)c2ccccc2)N2c3cccnc3C=C[C@@H]21. The lowest BCUT2D eigenvalue weighted by molar-refractivity contribution is -0.384. The molecule has 3 heterocycles. The molecule has 8 heteroatoms. The zero-order chi connectivity index (χ0) is 23.9. The Hall–Kier alpha value is -4.82. The topological polar surface area (TPSA) is 124 Å². The molecule has 0 bridgehead atoms. The van der Waals surface area contributed by atoms with E-state index in [1.807, 2.05) is 0 Å². The first-order valence-electron chi connectivity index (χ1n) is 10.6. The van der Waals surface area contributed by atoms with E-state index in [0.717, 1.165) is 0 Å². The number of nitro groups is 1. The molecule has 3 aromatic rings. The molecule has 0 amide bonds. The molecule has 3 atom stereocenters. The highest BCUT2D eigenvalue weighted by atomic mass is 16.6. The Balaban J connectivity index is 1.80. The number of hydrogen-bond donors (Lipinski definition) is 0. The number of nitro benzene ring substituents is 1. The van der Waals surface area contributed by atoms with Crippen LogP contribution in [-0.4, -0.2) is 27.8 Å². The summed E-state index contributed by atoms with van der Waals surface area (Å²) in [6, 6.07) is 20.7. The zero-order valence-corrected chi connectivity index (χ0v) is 17.8. The van der Waals surface area contributed by atoms with Gasteiger partial charge in [0.2, 0.25) is 0 Å². The van der Waals surface area contributed by atoms with Crippen molar-refractivity contribution in [3.8, 4) is 12.1 Å². The predicted octanol–water partition coefficient (Wildman–Crippen LogP) is 4.27. The van der Waals surface area contributed by atoms with Gasteiger partial charge >= 0.3 is 0 Å². The van der Waals surface area contributed by atoms with Crippen LogP contribution in [0.1, 0.15) is 27.5 Å². The second-order valence-corrected chi connectivity index (χ2v) is 8.22. The van der Waals surface area contributed by atoms with Gasteiger partial charge in [-0.3, -0.25) is 19.9 Å². The van der Waals surface area contributed by atoms with Gasteiger partial charge in [-0.25, -0.2) is 0 Å². The number of hydrogen-bond acceptors (Lipinski definition) is 7. The fraction of sp³-hybridized carbons (Fsp3) is 0.154. The first-order chi connectivity index (χ1) is 16.5. The molecule has 2 aliphatic rings. The van der Waals surface area contributed by atoms with Crippen LogP contribution >= 0.6 is 0 Å². The van der Waals surface area contributed by atoms with Gasteiger partial charge in [0.1, 0.15) is 6.04 Å². The fourth-order valence-corrected chi connectivity index (χ4v) is 5.09. The summed E-state index contributed by atoms with van der Waals surface area (Å²) in [4.78, 5) is 31.1. The van der Waals surface area contributed by atoms with E-state index in [1.165, 1.54) is 18.2 Å². The summed E-state index contributed by atoms with van der Waals surface area (Å²) in [7, 11) is 0. The minimum absolute atomic E-state index is 0.171. The van der Waals surface area contributed by atoms with Crippen molar-refractivity contribution < 1.29 is 9.72 Å². The largest absolute Gasteiger partial charge is 0.349 e. The number of nitrogens with zero attached hydrogens (tertiary/aromatic N) is 5. The predicted molar refractivity (Wildman–Crippen MR) is 124 cm³/mol. The second-order valence-electron chi connectivity index (χ2n) is 8.22. The molecule has 5 rings (SSSR count). The van der Waals surface area contributed by atoms with E-state index in [9.17, 15) is 25.4 Å². The lowest BCUT2D eigenvalue weighted by atomic mass is 9.69. The van der Waals surface area contributed by atoms with E-state index in [-0.39, 0.29) is 11.5 Å². The molecule has 2 aliphatic heterocycles. The van der Waals surface area contributed by atoms with Crippen molar-refractivity contribution in [3.05, 3.63) is 106 Å². The van der Waals surface area contributed by atoms with Gasteiger partial charge in [-0.2, -0.15) is 10.5 Å². The zero-order valence-electron chi connectivity index (χ0n) is 17.8. The molecular formula is C26H17N5O3. The molecular weight excluding hydrogens is 430 g/mol. The number of aromatic nitrogens is 1. The lowest BCUT2D eigenvalue weighted by Gasteiger charge is -2.34. The minimum Gasteiger partial charge on any atom is -0.349 e. The van der Waals surface area contributed by atoms with E-state index < -0.39 is 28.3 Å². The molecule has 1 aromatic heterocycles. The van der Waals surface area contributed by atoms with Crippen LogP contribution in [0.25, 0.3) is 6.08 Å². The molecule has 0 spiro atoms. The molecule has 1 fully saturated rings. The third-order valence-electron chi connectivity index (χ3n) is 6.54. The van der Waals surface area contributed by atoms with E-state index in [2.05, 4.69) is 17.1 Å². The van der Waals surface area contributed by atoms with E-state index in [0.29, 0.717) is 22.5 Å². The normalized spacial score (nSPS) is 21.6. The Kier molecular flexibility index (Phi) is 4.92. The lowest BCUT2D eigenvalue weighted by Crippen LogP contribution is -2.44. The third kappa shape index (κ3) is 2.97. The maximum absolute atomic E-state index is 14.0. The van der Waals surface area contributed by atoms with Gasteiger partial charge in [0.25, 0.3) is 5.69 Å². The summed E-state index contributed by atoms with van der Waals surface area (Å²) >= 11 is 0. The molecule has 0 radical (unpaired) electrons. The van der Waals surface area contributed by atoms with Crippen LogP contribution in [0, 0.1) is 38.2 Å². The van der Waals surface area contributed by atoms with Gasteiger partial charge in [0.05, 0.1) is 34.5 Å². The highest BCUT2D eigenvalue weighted by Crippen LogP contribution is 2.55. The Bertz CT molecular complexity index is 1410. The smallest absolute Gasteiger partial charge is 0.269 e. The third-order valence-corrected chi connectivity index (χ3v) is 6.54. The van der Waals surface area contributed by atoms with Crippen molar-refractivity contribution in [2.24, 2.45) is 5.41 Å². The van der Waals surface area contributed by atoms with E-state index in [4.69, 9.17) is 0 Å². The number of ketones is 1. The molecule has 0 N–H and O–H groups in total. The molecule has 164 valence electrons. The average Bonchev–Trinajstić information content (AvgIpc) is 3.20. The number of non-ortho nitro benzene ring substituents is 1. The summed E-state index contributed by atoms with van der Waals surface area (Å²) in [5.41, 5.74) is 0.221. The van der Waals surface area contributed by atoms with Gasteiger partial charge in [-0.15, -0.1) is 0 Å². The molecule has 0 saturated carbocycles. The number of rotatable bonds is 4. The number of Topliss-reactive ketones (excluding diaryl/α,β-unsaturated/α-hetero) is 1. The van der Waals surface area contributed by atoms with Crippen molar-refractivity contribution in [2.45, 2.75) is 18.0 Å². The van der Waals surface area contributed by atoms with Gasteiger partial charge < -0.3 is 4.90 Å². The van der Waals surface area contributed by atoms with Crippen molar-refractivity contribution in [1.29, 1.82) is 10.5 Å². The Morgan fingerprint density at radius 2 is 1.82 bits per heavy atom. The molecule has 0 unspecified atom stereocenters. The molecule has 2 aromatic carbocycles. The number of carbonyl (C=O) groups is 1. The maximum Gasteiger partial charge on any atom is 0.269 e. The summed E-state index contributed by atoms with van der Waals surface area (Å²) in [6.07, 6.45) is 5.11. The van der Waals surface area contributed by atoms with Crippen LogP contribution in [-0.2, 0) is 0 Å². The van der Waals surface area contributed by atoms with Crippen LogP contribution in [0.3, 0.4) is 0 Å². The Morgan fingerprint density at radius 1 is 1.06 bits per heavy atom. The molecule has 1 saturated heterocycles. The molecule has 0 aliphatic carbocycles. The van der Waals surface area contributed by atoms with Crippen molar-refractivity contribution in [3.63, 3.8) is 0 Å². The monoisotopic (exact) mass is 447 g/mol. The second kappa shape index (κ2) is 7.95. The van der Waals surface area contributed by atoms with Crippen LogP contribution in [0.5, 0.6) is 0 Å². The standard InChI is InChI=1S/C26H17N5O3/c27-15-26(16-28)22-12-11-20-21(10-5-13-29-20)30(22)24(25(32)17-6-2-1-3-7-17)23(26)18-8-4-9-19(14-18)31(33)34/h1-14,22-24H/t22-,23+,24-/m1/s1. The summed E-state index contributed by atoms with van der Waals surface area (Å²) < 4.78 is 0. The first-order valence-corrected chi connectivity index (χ1v) is 10.6. The van der Waals surface area contributed by atoms with Gasteiger partial charge in [0, 0.05) is 29.8 Å². The van der Waals surface area contributed by atoms with Crippen LogP contribution < -0.4 is 4.90 Å². The maximum atomic E-state index is 14.0. The number of pyridine rings is 1. The number of carbonyl (C=O) groups excluding carboxylic acids is 1. The van der Waals surface area contributed by atoms with Crippen molar-refractivity contribution in [1.82, 2.24) is 4.98 Å². The van der Waals surface area contributed by atoms with Crippen LogP contribution in [0.15, 0.2) is 79.0 Å². The quantitative estimate of drug-likeness (QED) is 0.332. The summed E-state index contributed by atoms with van der Waals surface area (Å²) in [5.74, 6) is -1.23.